The van der Waals surface area contributed by atoms with Crippen molar-refractivity contribution in [1.29, 1.82) is 0 Å². The van der Waals surface area contributed by atoms with E-state index in [1.165, 1.54) is 17.2 Å². The van der Waals surface area contributed by atoms with Gasteiger partial charge < -0.3 is 20.4 Å². The van der Waals surface area contributed by atoms with E-state index in [9.17, 15) is 27.9 Å². The topological polar surface area (TPSA) is 131 Å². The molecule has 1 saturated heterocycles. The van der Waals surface area contributed by atoms with Gasteiger partial charge in [0.2, 0.25) is 0 Å². The molecule has 13 heteroatoms. The predicted octanol–water partition coefficient (Wildman–Crippen LogP) is 2.07. The Morgan fingerprint density at radius 1 is 1.28 bits per heavy atom. The van der Waals surface area contributed by atoms with Gasteiger partial charge in [0, 0.05) is 19.3 Å². The molecule has 2 bridgehead atoms. The maximum Gasteiger partial charge on any atom is 0.408 e. The zero-order valence-electron chi connectivity index (χ0n) is 19.5. The quantitative estimate of drug-likeness (QED) is 0.450. The number of hydrogen-bond donors (Lipinski definition) is 4. The fourth-order valence-electron chi connectivity index (χ4n) is 4.24. The van der Waals surface area contributed by atoms with Crippen LogP contribution >= 0.6 is 0 Å². The van der Waals surface area contributed by atoms with Crippen LogP contribution in [0.4, 0.5) is 35.3 Å². The SMILES string of the molecule is C[C@@H](NC(=O)c1ccc2c(n1)N(C(=O)Nc1cc(CCC(O)CO)ccn1)C1CCN2C1)C(F)(F)F. The molecule has 3 atom stereocenters. The van der Waals surface area contributed by atoms with Crippen molar-refractivity contribution in [3.05, 3.63) is 41.7 Å². The van der Waals surface area contributed by atoms with E-state index in [0.717, 1.165) is 12.5 Å². The summed E-state index contributed by atoms with van der Waals surface area (Å²) in [5.74, 6) is -0.531. The zero-order valence-corrected chi connectivity index (χ0v) is 19.5. The van der Waals surface area contributed by atoms with Crippen LogP contribution in [0.15, 0.2) is 30.5 Å². The van der Waals surface area contributed by atoms with Gasteiger partial charge in [0.25, 0.3) is 5.91 Å². The Labute approximate surface area is 205 Å². The molecule has 4 heterocycles. The fraction of sp³-hybridized carbons (Fsp3) is 0.478. The van der Waals surface area contributed by atoms with Gasteiger partial charge in [-0.2, -0.15) is 13.2 Å². The highest BCUT2D eigenvalue weighted by Crippen LogP contribution is 2.39. The number of urea groups is 1. The molecular weight excluding hydrogens is 481 g/mol. The monoisotopic (exact) mass is 508 g/mol. The second kappa shape index (κ2) is 10.3. The first kappa shape index (κ1) is 25.6. The van der Waals surface area contributed by atoms with Crippen molar-refractivity contribution in [2.24, 2.45) is 0 Å². The summed E-state index contributed by atoms with van der Waals surface area (Å²) in [4.78, 5) is 37.7. The van der Waals surface area contributed by atoms with Gasteiger partial charge in [-0.15, -0.1) is 0 Å². The molecule has 1 fully saturated rings. The van der Waals surface area contributed by atoms with E-state index >= 15 is 0 Å². The van der Waals surface area contributed by atoms with Crippen LogP contribution in [0, 0.1) is 0 Å². The molecule has 194 valence electrons. The molecule has 2 aliphatic heterocycles. The molecule has 0 spiro atoms. The smallest absolute Gasteiger partial charge is 0.394 e. The molecule has 0 aliphatic carbocycles. The van der Waals surface area contributed by atoms with Crippen molar-refractivity contribution in [3.8, 4) is 0 Å². The number of nitrogens with one attached hydrogen (secondary N) is 2. The number of fused-ring (bicyclic) bond motifs is 4. The number of pyridine rings is 2. The Kier molecular flexibility index (Phi) is 7.31. The molecule has 2 unspecified atom stereocenters. The second-order valence-electron chi connectivity index (χ2n) is 8.89. The maximum atomic E-state index is 13.3. The third kappa shape index (κ3) is 5.51. The van der Waals surface area contributed by atoms with Crippen LogP contribution in [0.25, 0.3) is 0 Å². The van der Waals surface area contributed by atoms with Crippen LogP contribution in [0.3, 0.4) is 0 Å². The highest BCUT2D eigenvalue weighted by atomic mass is 19.4. The summed E-state index contributed by atoms with van der Waals surface area (Å²) in [5.41, 5.74) is 1.18. The molecule has 0 saturated carbocycles. The van der Waals surface area contributed by atoms with Gasteiger partial charge in [0.1, 0.15) is 17.6 Å². The van der Waals surface area contributed by atoms with E-state index in [1.807, 2.05) is 10.2 Å². The van der Waals surface area contributed by atoms with Crippen LogP contribution < -0.4 is 20.4 Å². The molecule has 10 nitrogen and oxygen atoms in total. The maximum absolute atomic E-state index is 13.3. The number of amides is 3. The lowest BCUT2D eigenvalue weighted by atomic mass is 10.1. The number of hydrogen-bond acceptors (Lipinski definition) is 7. The van der Waals surface area contributed by atoms with Gasteiger partial charge in [-0.25, -0.2) is 14.8 Å². The average molecular weight is 509 g/mol. The molecular formula is C23H27F3N6O4. The van der Waals surface area contributed by atoms with Gasteiger partial charge in [-0.1, -0.05) is 0 Å². The standard InChI is InChI=1S/C23H27F3N6O4/c1-13(23(24,25)26)28-21(35)17-4-5-18-20(29-17)32(15-7-9-31(18)11-15)22(36)30-19-10-14(6-8-27-19)2-3-16(34)12-33/h4-6,8,10,13,15-16,33-34H,2-3,7,9,11-12H2,1H3,(H,28,35)(H,27,30,36)/t13-,15?,16?/m1/s1. The fourth-order valence-corrected chi connectivity index (χ4v) is 4.24. The summed E-state index contributed by atoms with van der Waals surface area (Å²) in [6, 6.07) is 3.50. The predicted molar refractivity (Wildman–Crippen MR) is 125 cm³/mol. The van der Waals surface area contributed by atoms with Crippen LogP contribution in [-0.2, 0) is 6.42 Å². The van der Waals surface area contributed by atoms with Gasteiger partial charge in [0.15, 0.2) is 5.82 Å². The van der Waals surface area contributed by atoms with E-state index in [2.05, 4.69) is 15.3 Å². The minimum Gasteiger partial charge on any atom is -0.394 e. The summed E-state index contributed by atoms with van der Waals surface area (Å²) in [6.45, 7) is 1.73. The number of alkyl halides is 3. The molecule has 2 aromatic heterocycles. The number of nitrogens with zero attached hydrogens (tertiary/aromatic N) is 4. The Hall–Kier alpha value is -3.45. The Balaban J connectivity index is 1.55. The molecule has 4 N–H and O–H groups in total. The molecule has 2 aliphatic rings. The zero-order chi connectivity index (χ0) is 26.0. The van der Waals surface area contributed by atoms with E-state index in [-0.39, 0.29) is 30.0 Å². The molecule has 0 aromatic carbocycles. The van der Waals surface area contributed by atoms with Crippen molar-refractivity contribution in [2.75, 3.05) is 34.8 Å². The number of anilines is 3. The summed E-state index contributed by atoms with van der Waals surface area (Å²) >= 11 is 0. The lowest BCUT2D eigenvalue weighted by Gasteiger charge is -2.35. The average Bonchev–Trinajstić information content (AvgIpc) is 3.25. The molecule has 0 radical (unpaired) electrons. The van der Waals surface area contributed by atoms with E-state index in [4.69, 9.17) is 5.11 Å². The molecule has 4 rings (SSSR count). The largest absolute Gasteiger partial charge is 0.408 e. The minimum absolute atomic E-state index is 0.191. The minimum atomic E-state index is -4.60. The second-order valence-corrected chi connectivity index (χ2v) is 8.89. The third-order valence-electron chi connectivity index (χ3n) is 6.28. The highest BCUT2D eigenvalue weighted by molar-refractivity contribution is 6.05. The lowest BCUT2D eigenvalue weighted by molar-refractivity contribution is -0.149. The number of aliphatic hydroxyl groups is 2. The Morgan fingerprint density at radius 3 is 2.78 bits per heavy atom. The molecule has 36 heavy (non-hydrogen) atoms. The number of aryl methyl sites for hydroxylation is 1. The highest BCUT2D eigenvalue weighted by Gasteiger charge is 2.41. The van der Waals surface area contributed by atoms with Crippen molar-refractivity contribution >= 4 is 29.3 Å². The van der Waals surface area contributed by atoms with E-state index in [0.29, 0.717) is 38.0 Å². The lowest BCUT2D eigenvalue weighted by Crippen LogP contribution is -2.49. The van der Waals surface area contributed by atoms with Crippen LogP contribution in [0.2, 0.25) is 0 Å². The van der Waals surface area contributed by atoms with Crippen molar-refractivity contribution < 1.29 is 33.0 Å². The number of rotatable bonds is 7. The molecule has 2 aromatic rings. The van der Waals surface area contributed by atoms with E-state index in [1.54, 1.807) is 18.2 Å². The first-order valence-corrected chi connectivity index (χ1v) is 11.5. The van der Waals surface area contributed by atoms with Crippen LogP contribution in [-0.4, -0.2) is 76.2 Å². The van der Waals surface area contributed by atoms with Crippen LogP contribution in [0.5, 0.6) is 0 Å². The number of carbonyl (C=O) groups is 2. The summed E-state index contributed by atoms with van der Waals surface area (Å²) in [6.07, 6.45) is -2.47. The normalized spacial score (nSPS) is 18.4. The number of halogens is 3. The first-order chi connectivity index (χ1) is 17.1. The third-order valence-corrected chi connectivity index (χ3v) is 6.28. The number of carbonyl (C=O) groups excluding carboxylic acids is 2. The van der Waals surface area contributed by atoms with Gasteiger partial charge in [-0.05, 0) is 56.0 Å². The summed E-state index contributed by atoms with van der Waals surface area (Å²) < 4.78 is 38.7. The molecule has 3 amide bonds. The van der Waals surface area contributed by atoms with Crippen molar-refractivity contribution in [3.63, 3.8) is 0 Å². The van der Waals surface area contributed by atoms with E-state index < -0.39 is 30.3 Å². The Bertz CT molecular complexity index is 1130. The summed E-state index contributed by atoms with van der Waals surface area (Å²) in [7, 11) is 0. The van der Waals surface area contributed by atoms with Gasteiger partial charge >= 0.3 is 12.2 Å². The number of aliphatic hydroxyl groups excluding tert-OH is 2. The Morgan fingerprint density at radius 2 is 2.06 bits per heavy atom. The first-order valence-electron chi connectivity index (χ1n) is 11.5. The van der Waals surface area contributed by atoms with Crippen LogP contribution in [0.1, 0.15) is 35.8 Å². The van der Waals surface area contributed by atoms with Crippen molar-refractivity contribution in [2.45, 2.75) is 50.6 Å². The van der Waals surface area contributed by atoms with Gasteiger partial charge in [0.05, 0.1) is 24.4 Å². The van der Waals surface area contributed by atoms with Gasteiger partial charge in [-0.3, -0.25) is 15.0 Å². The summed E-state index contributed by atoms with van der Waals surface area (Å²) in [5, 5.41) is 23.2. The van der Waals surface area contributed by atoms with Crippen molar-refractivity contribution in [1.82, 2.24) is 15.3 Å². The number of aromatic nitrogens is 2.